The highest BCUT2D eigenvalue weighted by Crippen LogP contribution is 2.31. The standard InChI is InChI=1S/C21H23BrN2O4S/c1-3-21(26)24-10-8-15-13-17(5-7-19(15)24)29(27,28)11-9-20(25)23-16-4-6-18(22)14(2)12-16/h4-7,12-13H,3,8-11H2,1-2H3,(H,23,25). The van der Waals surface area contributed by atoms with Crippen LogP contribution in [0, 0.1) is 6.92 Å². The highest BCUT2D eigenvalue weighted by atomic mass is 79.9. The molecule has 8 heteroatoms. The second kappa shape index (κ2) is 8.67. The number of nitrogens with zero attached hydrogens (tertiary/aromatic N) is 1. The first-order valence-corrected chi connectivity index (χ1v) is 11.9. The topological polar surface area (TPSA) is 83.6 Å². The van der Waals surface area contributed by atoms with Gasteiger partial charge >= 0.3 is 0 Å². The predicted molar refractivity (Wildman–Crippen MR) is 117 cm³/mol. The number of carbonyl (C=O) groups excluding carboxylic acids is 2. The number of sulfone groups is 1. The van der Waals surface area contributed by atoms with Crippen molar-refractivity contribution in [2.45, 2.75) is 38.0 Å². The maximum atomic E-state index is 12.7. The van der Waals surface area contributed by atoms with E-state index in [0.717, 1.165) is 21.3 Å². The monoisotopic (exact) mass is 478 g/mol. The third-order valence-electron chi connectivity index (χ3n) is 4.95. The van der Waals surface area contributed by atoms with Crippen molar-refractivity contribution >= 4 is 49.0 Å². The van der Waals surface area contributed by atoms with Crippen molar-refractivity contribution < 1.29 is 18.0 Å². The molecule has 1 heterocycles. The van der Waals surface area contributed by atoms with E-state index >= 15 is 0 Å². The minimum Gasteiger partial charge on any atom is -0.326 e. The van der Waals surface area contributed by atoms with E-state index in [1.807, 2.05) is 19.1 Å². The Morgan fingerprint density at radius 1 is 1.17 bits per heavy atom. The lowest BCUT2D eigenvalue weighted by molar-refractivity contribution is -0.118. The fourth-order valence-electron chi connectivity index (χ4n) is 3.31. The van der Waals surface area contributed by atoms with Gasteiger partial charge in [-0.3, -0.25) is 9.59 Å². The number of halogens is 1. The van der Waals surface area contributed by atoms with E-state index in [-0.39, 0.29) is 28.9 Å². The van der Waals surface area contributed by atoms with Gasteiger partial charge in [-0.1, -0.05) is 22.9 Å². The largest absolute Gasteiger partial charge is 0.326 e. The van der Waals surface area contributed by atoms with Gasteiger partial charge in [-0.05, 0) is 60.9 Å². The Kier molecular flexibility index (Phi) is 6.43. The number of hydrogen-bond donors (Lipinski definition) is 1. The maximum absolute atomic E-state index is 12.7. The van der Waals surface area contributed by atoms with Crippen LogP contribution in [0.5, 0.6) is 0 Å². The zero-order valence-electron chi connectivity index (χ0n) is 16.4. The first-order chi connectivity index (χ1) is 13.7. The number of rotatable bonds is 6. The van der Waals surface area contributed by atoms with Gasteiger partial charge in [0.1, 0.15) is 0 Å². The quantitative estimate of drug-likeness (QED) is 0.682. The fourth-order valence-corrected chi connectivity index (χ4v) is 4.85. The van der Waals surface area contributed by atoms with Gasteiger partial charge in [-0.15, -0.1) is 0 Å². The number of carbonyl (C=O) groups is 2. The summed E-state index contributed by atoms with van der Waals surface area (Å²) in [5.41, 5.74) is 3.23. The SMILES string of the molecule is CCC(=O)N1CCc2cc(S(=O)(=O)CCC(=O)Nc3ccc(Br)c(C)c3)ccc21. The summed E-state index contributed by atoms with van der Waals surface area (Å²) < 4.78 is 26.3. The highest BCUT2D eigenvalue weighted by molar-refractivity contribution is 9.10. The Morgan fingerprint density at radius 3 is 2.62 bits per heavy atom. The molecule has 1 aliphatic rings. The van der Waals surface area contributed by atoms with Crippen LogP contribution < -0.4 is 10.2 Å². The van der Waals surface area contributed by atoms with E-state index in [1.54, 1.807) is 30.0 Å². The molecule has 0 spiro atoms. The lowest BCUT2D eigenvalue weighted by Crippen LogP contribution is -2.27. The van der Waals surface area contributed by atoms with Crippen LogP contribution in [0.3, 0.4) is 0 Å². The summed E-state index contributed by atoms with van der Waals surface area (Å²) in [6, 6.07) is 10.2. The van der Waals surface area contributed by atoms with Crippen molar-refractivity contribution in [3.63, 3.8) is 0 Å². The molecule has 2 aromatic carbocycles. The second-order valence-electron chi connectivity index (χ2n) is 7.02. The summed E-state index contributed by atoms with van der Waals surface area (Å²) in [7, 11) is -3.60. The second-order valence-corrected chi connectivity index (χ2v) is 9.98. The molecular weight excluding hydrogens is 456 g/mol. The molecule has 0 saturated heterocycles. The molecule has 0 saturated carbocycles. The van der Waals surface area contributed by atoms with Crippen molar-refractivity contribution in [2.75, 3.05) is 22.5 Å². The van der Waals surface area contributed by atoms with Crippen LogP contribution in [-0.4, -0.2) is 32.5 Å². The van der Waals surface area contributed by atoms with Crippen LogP contribution in [0.4, 0.5) is 11.4 Å². The van der Waals surface area contributed by atoms with Crippen LogP contribution in [0.1, 0.15) is 30.9 Å². The molecule has 0 unspecified atom stereocenters. The normalized spacial score (nSPS) is 13.3. The number of hydrogen-bond acceptors (Lipinski definition) is 4. The summed E-state index contributed by atoms with van der Waals surface area (Å²) in [6.07, 6.45) is 0.912. The van der Waals surface area contributed by atoms with Gasteiger partial charge in [0, 0.05) is 35.2 Å². The Bertz CT molecular complexity index is 1070. The van der Waals surface area contributed by atoms with Crippen molar-refractivity contribution in [3.05, 3.63) is 52.0 Å². The van der Waals surface area contributed by atoms with Gasteiger partial charge < -0.3 is 10.2 Å². The maximum Gasteiger partial charge on any atom is 0.226 e. The Morgan fingerprint density at radius 2 is 1.93 bits per heavy atom. The Balaban J connectivity index is 1.66. The molecule has 0 atom stereocenters. The number of amides is 2. The van der Waals surface area contributed by atoms with Crippen LogP contribution >= 0.6 is 15.9 Å². The Hall–Kier alpha value is -2.19. The molecule has 29 heavy (non-hydrogen) atoms. The summed E-state index contributed by atoms with van der Waals surface area (Å²) in [5.74, 6) is -0.597. The highest BCUT2D eigenvalue weighted by Gasteiger charge is 2.26. The van der Waals surface area contributed by atoms with E-state index in [0.29, 0.717) is 25.1 Å². The molecule has 0 fully saturated rings. The molecule has 1 aliphatic heterocycles. The van der Waals surface area contributed by atoms with Gasteiger partial charge in [-0.2, -0.15) is 0 Å². The average Bonchev–Trinajstić information content (AvgIpc) is 3.12. The molecule has 0 bridgehead atoms. The number of nitrogens with one attached hydrogen (secondary N) is 1. The van der Waals surface area contributed by atoms with Gasteiger partial charge in [0.2, 0.25) is 11.8 Å². The third kappa shape index (κ3) is 4.87. The number of benzene rings is 2. The minimum atomic E-state index is -3.60. The van der Waals surface area contributed by atoms with E-state index in [4.69, 9.17) is 0 Å². The lowest BCUT2D eigenvalue weighted by Gasteiger charge is -2.16. The molecular formula is C21H23BrN2O4S. The van der Waals surface area contributed by atoms with Gasteiger partial charge in [0.05, 0.1) is 10.6 Å². The Labute approximate surface area is 179 Å². The first kappa shape index (κ1) is 21.5. The first-order valence-electron chi connectivity index (χ1n) is 9.43. The van der Waals surface area contributed by atoms with E-state index < -0.39 is 9.84 Å². The van der Waals surface area contributed by atoms with Crippen molar-refractivity contribution in [3.8, 4) is 0 Å². The van der Waals surface area contributed by atoms with Gasteiger partial charge in [0.25, 0.3) is 0 Å². The summed E-state index contributed by atoms with van der Waals surface area (Å²) >= 11 is 3.40. The lowest BCUT2D eigenvalue weighted by atomic mass is 10.2. The van der Waals surface area contributed by atoms with Crippen molar-refractivity contribution in [1.82, 2.24) is 0 Å². The fraction of sp³-hybridized carbons (Fsp3) is 0.333. The molecule has 0 aromatic heterocycles. The van der Waals surface area contributed by atoms with Gasteiger partial charge in [-0.25, -0.2) is 8.42 Å². The molecule has 2 amide bonds. The third-order valence-corrected chi connectivity index (χ3v) is 7.55. The van der Waals surface area contributed by atoms with E-state index in [9.17, 15) is 18.0 Å². The van der Waals surface area contributed by atoms with Crippen LogP contribution in [-0.2, 0) is 25.8 Å². The molecule has 6 nitrogen and oxygen atoms in total. The summed E-state index contributed by atoms with van der Waals surface area (Å²) in [6.45, 7) is 4.29. The van der Waals surface area contributed by atoms with Crippen molar-refractivity contribution in [1.29, 1.82) is 0 Å². The molecule has 3 rings (SSSR count). The zero-order chi connectivity index (χ0) is 21.2. The van der Waals surface area contributed by atoms with Crippen LogP contribution in [0.15, 0.2) is 45.8 Å². The zero-order valence-corrected chi connectivity index (χ0v) is 18.8. The number of fused-ring (bicyclic) bond motifs is 1. The summed E-state index contributed by atoms with van der Waals surface area (Å²) in [4.78, 5) is 26.1. The minimum absolute atomic E-state index is 0.0270. The van der Waals surface area contributed by atoms with Crippen molar-refractivity contribution in [2.24, 2.45) is 0 Å². The number of anilines is 2. The van der Waals surface area contributed by atoms with Crippen LogP contribution in [0.25, 0.3) is 0 Å². The van der Waals surface area contributed by atoms with Crippen LogP contribution in [0.2, 0.25) is 0 Å². The van der Waals surface area contributed by atoms with E-state index in [1.165, 1.54) is 6.07 Å². The smallest absolute Gasteiger partial charge is 0.226 e. The predicted octanol–water partition coefficient (Wildman–Crippen LogP) is 3.86. The molecule has 0 radical (unpaired) electrons. The molecule has 1 N–H and O–H groups in total. The molecule has 0 aliphatic carbocycles. The molecule has 2 aromatic rings. The van der Waals surface area contributed by atoms with E-state index in [2.05, 4.69) is 21.2 Å². The van der Waals surface area contributed by atoms with Gasteiger partial charge in [0.15, 0.2) is 9.84 Å². The summed E-state index contributed by atoms with van der Waals surface area (Å²) in [5, 5.41) is 2.73. The number of aryl methyl sites for hydroxylation is 1. The molecule has 154 valence electrons. The average molecular weight is 479 g/mol.